The monoisotopic (exact) mass is 406 g/mol. The number of hydrogen-bond acceptors (Lipinski definition) is 4. The number of anilines is 2. The molecular weight excluding hydrogens is 392 g/mol. The van der Waals surface area contributed by atoms with Gasteiger partial charge >= 0.3 is 0 Å². The highest BCUT2D eigenvalue weighted by Crippen LogP contribution is 2.25. The van der Waals surface area contributed by atoms with Gasteiger partial charge in [0.05, 0.1) is 15.5 Å². The molecule has 0 saturated heterocycles. The molecule has 5 nitrogen and oxygen atoms in total. The summed E-state index contributed by atoms with van der Waals surface area (Å²) in [7, 11) is -3.76. The number of carbonyl (C=O) groups excluding carboxylic acids is 1. The van der Waals surface area contributed by atoms with Crippen LogP contribution in [0.25, 0.3) is 0 Å². The van der Waals surface area contributed by atoms with Gasteiger partial charge in [0, 0.05) is 10.7 Å². The van der Waals surface area contributed by atoms with Crippen molar-refractivity contribution < 1.29 is 13.2 Å². The summed E-state index contributed by atoms with van der Waals surface area (Å²) in [6.45, 7) is 1.78. The number of halogens is 1. The van der Waals surface area contributed by atoms with Crippen molar-refractivity contribution in [3.63, 3.8) is 0 Å². The molecule has 0 unspecified atom stereocenters. The Kier molecular flexibility index (Phi) is 5.31. The fourth-order valence-electron chi connectivity index (χ4n) is 2.23. The van der Waals surface area contributed by atoms with E-state index in [1.807, 2.05) is 5.38 Å². The normalized spacial score (nSPS) is 11.2. The van der Waals surface area contributed by atoms with Crippen LogP contribution >= 0.6 is 22.9 Å². The highest BCUT2D eigenvalue weighted by Gasteiger charge is 2.16. The van der Waals surface area contributed by atoms with Gasteiger partial charge in [0.1, 0.15) is 0 Å². The van der Waals surface area contributed by atoms with Crippen molar-refractivity contribution in [2.45, 2.75) is 11.8 Å². The van der Waals surface area contributed by atoms with Gasteiger partial charge in [-0.2, -0.15) is 0 Å². The molecule has 2 aromatic carbocycles. The van der Waals surface area contributed by atoms with Gasteiger partial charge < -0.3 is 5.32 Å². The van der Waals surface area contributed by atoms with Gasteiger partial charge in [-0.25, -0.2) is 8.42 Å². The number of carbonyl (C=O) groups is 1. The standard InChI is InChI=1S/C18H15ClN2O3S2/c1-12-4-7-14(20-18(22)17-3-2-10-25-17)11-16(12)21-26(23,24)15-8-5-13(19)6-9-15/h2-11,21H,1H3,(H,20,22). The average molecular weight is 407 g/mol. The first kappa shape index (κ1) is 18.4. The summed E-state index contributed by atoms with van der Waals surface area (Å²) in [5.41, 5.74) is 1.63. The zero-order chi connectivity index (χ0) is 18.7. The first-order valence-corrected chi connectivity index (χ1v) is 10.3. The third-order valence-corrected chi connectivity index (χ3v) is 6.11. The van der Waals surface area contributed by atoms with Crippen LogP contribution < -0.4 is 10.0 Å². The SMILES string of the molecule is Cc1ccc(NC(=O)c2cccs2)cc1NS(=O)(=O)c1ccc(Cl)cc1. The van der Waals surface area contributed by atoms with Crippen molar-refractivity contribution in [1.29, 1.82) is 0 Å². The summed E-state index contributed by atoms with van der Waals surface area (Å²) in [5, 5.41) is 5.04. The second kappa shape index (κ2) is 7.49. The smallest absolute Gasteiger partial charge is 0.265 e. The van der Waals surface area contributed by atoms with Gasteiger partial charge in [-0.1, -0.05) is 23.7 Å². The Labute approximate surface area is 160 Å². The molecule has 1 heterocycles. The third-order valence-electron chi connectivity index (χ3n) is 3.61. The lowest BCUT2D eigenvalue weighted by Gasteiger charge is -2.13. The van der Waals surface area contributed by atoms with Crippen LogP contribution in [0, 0.1) is 6.92 Å². The number of rotatable bonds is 5. The Hall–Kier alpha value is -2.35. The molecule has 1 amide bonds. The van der Waals surface area contributed by atoms with Crippen LogP contribution in [0.3, 0.4) is 0 Å². The van der Waals surface area contributed by atoms with Crippen LogP contribution in [0.4, 0.5) is 11.4 Å². The maximum absolute atomic E-state index is 12.5. The number of hydrogen-bond donors (Lipinski definition) is 2. The minimum absolute atomic E-state index is 0.106. The first-order valence-electron chi connectivity index (χ1n) is 7.59. The number of thiophene rings is 1. The Morgan fingerprint density at radius 2 is 1.81 bits per heavy atom. The van der Waals surface area contributed by atoms with Crippen molar-refractivity contribution in [2.24, 2.45) is 0 Å². The van der Waals surface area contributed by atoms with E-state index in [1.54, 1.807) is 37.3 Å². The fourth-order valence-corrected chi connectivity index (χ4v) is 4.09. The van der Waals surface area contributed by atoms with Gasteiger partial charge in [0.2, 0.25) is 0 Å². The van der Waals surface area contributed by atoms with E-state index < -0.39 is 10.0 Å². The third kappa shape index (κ3) is 4.24. The van der Waals surface area contributed by atoms with E-state index in [9.17, 15) is 13.2 Å². The molecule has 26 heavy (non-hydrogen) atoms. The molecule has 0 fully saturated rings. The second-order valence-electron chi connectivity index (χ2n) is 5.52. The zero-order valence-electron chi connectivity index (χ0n) is 13.7. The molecule has 134 valence electrons. The van der Waals surface area contributed by atoms with Crippen molar-refractivity contribution in [3.05, 3.63) is 75.4 Å². The Morgan fingerprint density at radius 1 is 1.08 bits per heavy atom. The Balaban J connectivity index is 1.83. The minimum Gasteiger partial charge on any atom is -0.321 e. The molecule has 0 radical (unpaired) electrons. The zero-order valence-corrected chi connectivity index (χ0v) is 16.1. The number of amides is 1. The summed E-state index contributed by atoms with van der Waals surface area (Å²) in [6.07, 6.45) is 0. The second-order valence-corrected chi connectivity index (χ2v) is 8.59. The van der Waals surface area contributed by atoms with Gasteiger partial charge in [-0.3, -0.25) is 9.52 Å². The van der Waals surface area contributed by atoms with E-state index in [4.69, 9.17) is 11.6 Å². The van der Waals surface area contributed by atoms with E-state index in [1.165, 1.54) is 35.6 Å². The highest BCUT2D eigenvalue weighted by molar-refractivity contribution is 7.92. The predicted molar refractivity (Wildman–Crippen MR) is 106 cm³/mol. The van der Waals surface area contributed by atoms with E-state index in [-0.39, 0.29) is 10.8 Å². The van der Waals surface area contributed by atoms with Crippen LogP contribution in [0.15, 0.2) is 64.9 Å². The average Bonchev–Trinajstić information content (AvgIpc) is 3.13. The molecule has 3 aromatic rings. The Bertz CT molecular complexity index is 1030. The van der Waals surface area contributed by atoms with Crippen LogP contribution in [-0.4, -0.2) is 14.3 Å². The van der Waals surface area contributed by atoms with Crippen LogP contribution in [0.2, 0.25) is 5.02 Å². The molecule has 2 N–H and O–H groups in total. The summed E-state index contributed by atoms with van der Waals surface area (Å²) in [6, 6.07) is 14.5. The van der Waals surface area contributed by atoms with Gasteiger partial charge in [0.25, 0.3) is 15.9 Å². The molecule has 0 spiro atoms. The number of nitrogens with one attached hydrogen (secondary N) is 2. The van der Waals surface area contributed by atoms with Gasteiger partial charge in [-0.15, -0.1) is 11.3 Å². The molecule has 1 aromatic heterocycles. The molecule has 3 rings (SSSR count). The van der Waals surface area contributed by atoms with Crippen LogP contribution in [-0.2, 0) is 10.0 Å². The lowest BCUT2D eigenvalue weighted by atomic mass is 10.2. The molecule has 0 aliphatic rings. The quantitative estimate of drug-likeness (QED) is 0.641. The molecule has 8 heteroatoms. The molecule has 0 atom stereocenters. The molecular formula is C18H15ClN2O3S2. The van der Waals surface area contributed by atoms with Gasteiger partial charge in [0.15, 0.2) is 0 Å². The number of sulfonamides is 1. The highest BCUT2D eigenvalue weighted by atomic mass is 35.5. The van der Waals surface area contributed by atoms with E-state index in [2.05, 4.69) is 10.0 Å². The van der Waals surface area contributed by atoms with E-state index >= 15 is 0 Å². The molecule has 0 bridgehead atoms. The van der Waals surface area contributed by atoms with Crippen LogP contribution in [0.5, 0.6) is 0 Å². The summed E-state index contributed by atoms with van der Waals surface area (Å²) in [5.74, 6) is -0.240. The predicted octanol–water partition coefficient (Wildman–Crippen LogP) is 4.76. The fraction of sp³-hybridized carbons (Fsp3) is 0.0556. The largest absolute Gasteiger partial charge is 0.321 e. The van der Waals surface area contributed by atoms with Crippen molar-refractivity contribution in [3.8, 4) is 0 Å². The maximum Gasteiger partial charge on any atom is 0.265 e. The minimum atomic E-state index is -3.76. The first-order chi connectivity index (χ1) is 12.3. The number of aryl methyl sites for hydroxylation is 1. The Morgan fingerprint density at radius 3 is 2.46 bits per heavy atom. The van der Waals surface area contributed by atoms with Crippen molar-refractivity contribution in [2.75, 3.05) is 10.0 Å². The van der Waals surface area contributed by atoms with E-state index in [0.717, 1.165) is 5.56 Å². The molecule has 0 saturated carbocycles. The lowest BCUT2D eigenvalue weighted by Crippen LogP contribution is -2.15. The molecule has 0 aliphatic heterocycles. The summed E-state index contributed by atoms with van der Waals surface area (Å²) < 4.78 is 27.6. The lowest BCUT2D eigenvalue weighted by molar-refractivity contribution is 0.103. The number of benzene rings is 2. The maximum atomic E-state index is 12.5. The van der Waals surface area contributed by atoms with E-state index in [0.29, 0.717) is 21.3 Å². The summed E-state index contributed by atoms with van der Waals surface area (Å²) in [4.78, 5) is 12.8. The topological polar surface area (TPSA) is 75.3 Å². The summed E-state index contributed by atoms with van der Waals surface area (Å²) >= 11 is 7.14. The van der Waals surface area contributed by atoms with Crippen LogP contribution in [0.1, 0.15) is 15.2 Å². The van der Waals surface area contributed by atoms with Crippen molar-refractivity contribution in [1.82, 2.24) is 0 Å². The van der Waals surface area contributed by atoms with Crippen molar-refractivity contribution >= 4 is 50.2 Å². The molecule has 0 aliphatic carbocycles. The van der Waals surface area contributed by atoms with Gasteiger partial charge in [-0.05, 0) is 60.3 Å².